The fraction of sp³-hybridized carbons (Fsp3) is 0.357. The van der Waals surface area contributed by atoms with Gasteiger partial charge in [-0.1, -0.05) is 43.1 Å². The number of benzene rings is 1. The Morgan fingerprint density at radius 3 is 2.43 bits per heavy atom. The van der Waals surface area contributed by atoms with Crippen LogP contribution in [0, 0.1) is 5.92 Å². The van der Waals surface area contributed by atoms with Crippen molar-refractivity contribution < 1.29 is 9.59 Å². The van der Waals surface area contributed by atoms with Gasteiger partial charge in [0, 0.05) is 12.1 Å². The van der Waals surface area contributed by atoms with Crippen LogP contribution in [0.5, 0.6) is 0 Å². The van der Waals surface area contributed by atoms with Gasteiger partial charge in [-0.15, -0.1) is 0 Å². The first-order chi connectivity index (χ1) is 9.90. The standard InChI is InChI=1S/C14H17Cl2N3O2/c1-9(2)7-17-13(20)6-14(21)19-18-8-10-11(15)4-3-5-12(10)16/h3-5,8-9H,6-7H2,1-2H3,(H,17,20)(H,19,21)/b18-8+. The highest BCUT2D eigenvalue weighted by atomic mass is 35.5. The summed E-state index contributed by atoms with van der Waals surface area (Å²) in [6, 6.07) is 5.03. The molecule has 0 heterocycles. The third-order valence-electron chi connectivity index (χ3n) is 2.41. The van der Waals surface area contributed by atoms with Gasteiger partial charge in [0.25, 0.3) is 0 Å². The molecular formula is C14H17Cl2N3O2. The number of hydrogen-bond donors (Lipinski definition) is 2. The molecule has 0 aliphatic carbocycles. The predicted molar refractivity (Wildman–Crippen MR) is 84.7 cm³/mol. The van der Waals surface area contributed by atoms with Crippen molar-refractivity contribution >= 4 is 41.2 Å². The number of amides is 2. The number of nitrogens with one attached hydrogen (secondary N) is 2. The second-order valence-corrected chi connectivity index (χ2v) is 5.62. The summed E-state index contributed by atoms with van der Waals surface area (Å²) in [7, 11) is 0. The third kappa shape index (κ3) is 6.60. The second-order valence-electron chi connectivity index (χ2n) is 4.80. The fourth-order valence-electron chi connectivity index (χ4n) is 1.37. The van der Waals surface area contributed by atoms with E-state index in [0.29, 0.717) is 28.1 Å². The van der Waals surface area contributed by atoms with Gasteiger partial charge in [-0.05, 0) is 18.1 Å². The molecule has 0 unspecified atom stereocenters. The smallest absolute Gasteiger partial charge is 0.249 e. The third-order valence-corrected chi connectivity index (χ3v) is 3.07. The number of hydrazone groups is 1. The molecule has 2 amide bonds. The molecule has 0 fully saturated rings. The fourth-order valence-corrected chi connectivity index (χ4v) is 1.86. The highest BCUT2D eigenvalue weighted by Gasteiger charge is 2.09. The van der Waals surface area contributed by atoms with Crippen LogP contribution in [0.1, 0.15) is 25.8 Å². The zero-order valence-electron chi connectivity index (χ0n) is 11.8. The molecular weight excluding hydrogens is 313 g/mol. The van der Waals surface area contributed by atoms with E-state index >= 15 is 0 Å². The summed E-state index contributed by atoms with van der Waals surface area (Å²) in [6.45, 7) is 4.47. The van der Waals surface area contributed by atoms with Gasteiger partial charge >= 0.3 is 0 Å². The van der Waals surface area contributed by atoms with Gasteiger partial charge in [0.15, 0.2) is 0 Å². The molecule has 21 heavy (non-hydrogen) atoms. The lowest BCUT2D eigenvalue weighted by atomic mass is 10.2. The maximum absolute atomic E-state index is 11.5. The first-order valence-corrected chi connectivity index (χ1v) is 7.18. The van der Waals surface area contributed by atoms with E-state index in [0.717, 1.165) is 0 Å². The average Bonchev–Trinajstić information content (AvgIpc) is 2.40. The Hall–Kier alpha value is -1.59. The number of rotatable bonds is 6. The number of nitrogens with zero attached hydrogens (tertiary/aromatic N) is 1. The molecule has 0 radical (unpaired) electrons. The van der Waals surface area contributed by atoms with Crippen LogP contribution in [-0.4, -0.2) is 24.6 Å². The monoisotopic (exact) mass is 329 g/mol. The Labute approximate surface area is 133 Å². The predicted octanol–water partition coefficient (Wildman–Crippen LogP) is 2.61. The van der Waals surface area contributed by atoms with Gasteiger partial charge < -0.3 is 5.32 Å². The number of halogens is 2. The SMILES string of the molecule is CC(C)CNC(=O)CC(=O)N/N=C/c1c(Cl)cccc1Cl. The maximum Gasteiger partial charge on any atom is 0.249 e. The number of hydrogen-bond acceptors (Lipinski definition) is 3. The van der Waals surface area contributed by atoms with Gasteiger partial charge in [-0.25, -0.2) is 5.43 Å². The number of carbonyl (C=O) groups is 2. The molecule has 0 spiro atoms. The normalized spacial score (nSPS) is 10.9. The van der Waals surface area contributed by atoms with Crippen LogP contribution in [0.3, 0.4) is 0 Å². The maximum atomic E-state index is 11.5. The molecule has 0 saturated heterocycles. The number of carbonyl (C=O) groups excluding carboxylic acids is 2. The van der Waals surface area contributed by atoms with Crippen molar-refractivity contribution in [2.24, 2.45) is 11.0 Å². The van der Waals surface area contributed by atoms with Crippen molar-refractivity contribution in [2.75, 3.05) is 6.54 Å². The van der Waals surface area contributed by atoms with E-state index in [1.807, 2.05) is 13.8 Å². The largest absolute Gasteiger partial charge is 0.355 e. The van der Waals surface area contributed by atoms with E-state index in [9.17, 15) is 9.59 Å². The molecule has 1 aromatic carbocycles. The molecule has 114 valence electrons. The van der Waals surface area contributed by atoms with Gasteiger partial charge in [0.05, 0.1) is 16.3 Å². The minimum absolute atomic E-state index is 0.277. The van der Waals surface area contributed by atoms with E-state index in [-0.39, 0.29) is 12.3 Å². The van der Waals surface area contributed by atoms with Crippen molar-refractivity contribution in [1.29, 1.82) is 0 Å². The van der Waals surface area contributed by atoms with Crippen LogP contribution in [-0.2, 0) is 9.59 Å². The molecule has 7 heteroatoms. The van der Waals surface area contributed by atoms with E-state index in [1.54, 1.807) is 18.2 Å². The average molecular weight is 330 g/mol. The van der Waals surface area contributed by atoms with Crippen LogP contribution in [0.25, 0.3) is 0 Å². The molecule has 1 aromatic rings. The quantitative estimate of drug-likeness (QED) is 0.478. The molecule has 2 N–H and O–H groups in total. The first kappa shape index (κ1) is 17.5. The summed E-state index contributed by atoms with van der Waals surface area (Å²) in [5.41, 5.74) is 2.76. The van der Waals surface area contributed by atoms with Gasteiger partial charge in [0.1, 0.15) is 6.42 Å². The Morgan fingerprint density at radius 2 is 1.86 bits per heavy atom. The Bertz CT molecular complexity index is 525. The van der Waals surface area contributed by atoms with Crippen molar-refractivity contribution in [1.82, 2.24) is 10.7 Å². The zero-order valence-corrected chi connectivity index (χ0v) is 13.3. The summed E-state index contributed by atoms with van der Waals surface area (Å²) in [5.74, 6) is -0.514. The van der Waals surface area contributed by atoms with Crippen LogP contribution < -0.4 is 10.7 Å². The Morgan fingerprint density at radius 1 is 1.24 bits per heavy atom. The summed E-state index contributed by atoms with van der Waals surface area (Å²) >= 11 is 11.9. The van der Waals surface area contributed by atoms with Crippen molar-refractivity contribution in [3.63, 3.8) is 0 Å². The first-order valence-electron chi connectivity index (χ1n) is 6.42. The van der Waals surface area contributed by atoms with Crippen LogP contribution in [0.15, 0.2) is 23.3 Å². The molecule has 0 atom stereocenters. The van der Waals surface area contributed by atoms with Gasteiger partial charge in [-0.3, -0.25) is 9.59 Å². The van der Waals surface area contributed by atoms with E-state index in [2.05, 4.69) is 15.8 Å². The minimum Gasteiger partial charge on any atom is -0.355 e. The zero-order chi connectivity index (χ0) is 15.8. The van der Waals surface area contributed by atoms with Gasteiger partial charge in [-0.2, -0.15) is 5.10 Å². The molecule has 0 aliphatic rings. The summed E-state index contributed by atoms with van der Waals surface area (Å²) in [6.07, 6.45) is 1.06. The van der Waals surface area contributed by atoms with Gasteiger partial charge in [0.2, 0.25) is 11.8 Å². The summed E-state index contributed by atoms with van der Waals surface area (Å²) in [5, 5.41) is 7.24. The summed E-state index contributed by atoms with van der Waals surface area (Å²) < 4.78 is 0. The highest BCUT2D eigenvalue weighted by Crippen LogP contribution is 2.21. The highest BCUT2D eigenvalue weighted by molar-refractivity contribution is 6.38. The molecule has 0 saturated carbocycles. The lowest BCUT2D eigenvalue weighted by Gasteiger charge is -2.06. The second kappa shape index (κ2) is 8.64. The lowest BCUT2D eigenvalue weighted by molar-refractivity contribution is -0.129. The molecule has 0 aromatic heterocycles. The van der Waals surface area contributed by atoms with E-state index in [4.69, 9.17) is 23.2 Å². The van der Waals surface area contributed by atoms with Crippen molar-refractivity contribution in [3.05, 3.63) is 33.8 Å². The molecule has 5 nitrogen and oxygen atoms in total. The van der Waals surface area contributed by atoms with Crippen molar-refractivity contribution in [3.8, 4) is 0 Å². The van der Waals surface area contributed by atoms with Crippen LogP contribution in [0.2, 0.25) is 10.0 Å². The van der Waals surface area contributed by atoms with Crippen LogP contribution in [0.4, 0.5) is 0 Å². The van der Waals surface area contributed by atoms with E-state index < -0.39 is 5.91 Å². The van der Waals surface area contributed by atoms with E-state index in [1.165, 1.54) is 6.21 Å². The Kier molecular flexibility index (Phi) is 7.19. The topological polar surface area (TPSA) is 70.6 Å². The minimum atomic E-state index is -0.504. The molecule has 0 aliphatic heterocycles. The lowest BCUT2D eigenvalue weighted by Crippen LogP contribution is -2.32. The summed E-state index contributed by atoms with van der Waals surface area (Å²) in [4.78, 5) is 22.9. The Balaban J connectivity index is 2.46. The molecule has 1 rings (SSSR count). The van der Waals surface area contributed by atoms with Crippen molar-refractivity contribution in [2.45, 2.75) is 20.3 Å². The molecule has 0 bridgehead atoms. The van der Waals surface area contributed by atoms with Crippen LogP contribution >= 0.6 is 23.2 Å².